The summed E-state index contributed by atoms with van der Waals surface area (Å²) in [6.07, 6.45) is 3.42. The summed E-state index contributed by atoms with van der Waals surface area (Å²) in [4.78, 5) is 0. The number of rotatable bonds is 0. The van der Waals surface area contributed by atoms with E-state index in [1.165, 1.54) is 16.0 Å². The van der Waals surface area contributed by atoms with Crippen LogP contribution >= 0.6 is 0 Å². The molecule has 1 aromatic rings. The Kier molecular flexibility index (Phi) is 1.51. The second kappa shape index (κ2) is 2.69. The van der Waals surface area contributed by atoms with Gasteiger partial charge in [-0.1, -0.05) is 30.3 Å². The molecule has 1 aliphatic carbocycles. The van der Waals surface area contributed by atoms with Gasteiger partial charge >= 0.3 is 0 Å². The first-order chi connectivity index (χ1) is 6.45. The van der Waals surface area contributed by atoms with Crippen LogP contribution in [0.4, 0.5) is 0 Å². The van der Waals surface area contributed by atoms with E-state index in [0.717, 1.165) is 13.0 Å². The molecule has 3 rings (SSSR count). The average molecular weight is 172 g/mol. The minimum absolute atomic E-state index is 0.523. The molecule has 1 aromatic carbocycles. The highest BCUT2D eigenvalue weighted by Crippen LogP contribution is 2.11. The Morgan fingerprint density at radius 1 is 1.23 bits per heavy atom. The lowest BCUT2D eigenvalue weighted by Gasteiger charge is -2.12. The van der Waals surface area contributed by atoms with Gasteiger partial charge in [0, 0.05) is 12.6 Å². The van der Waals surface area contributed by atoms with E-state index in [-0.39, 0.29) is 0 Å². The van der Waals surface area contributed by atoms with Crippen molar-refractivity contribution in [1.29, 1.82) is 0 Å². The standard InChI is InChI=1S/C11H12N2/c1-2-4-9-8(3-1)5-6-11-10(9)7-12-13-11/h1-5,11-13H,6-7H2. The number of benzene rings is 1. The second-order valence-corrected chi connectivity index (χ2v) is 3.60. The van der Waals surface area contributed by atoms with Crippen molar-refractivity contribution in [1.82, 2.24) is 10.9 Å². The van der Waals surface area contributed by atoms with Crippen molar-refractivity contribution in [3.8, 4) is 0 Å². The maximum atomic E-state index is 3.28. The third-order valence-corrected chi connectivity index (χ3v) is 2.86. The molecule has 0 radical (unpaired) electrons. The topological polar surface area (TPSA) is 24.1 Å². The van der Waals surface area contributed by atoms with Gasteiger partial charge in [-0.3, -0.25) is 5.43 Å². The van der Waals surface area contributed by atoms with Gasteiger partial charge in [-0.25, -0.2) is 5.43 Å². The van der Waals surface area contributed by atoms with E-state index < -0.39 is 0 Å². The Balaban J connectivity index is 2.38. The van der Waals surface area contributed by atoms with Crippen LogP contribution in [0.25, 0.3) is 11.6 Å². The van der Waals surface area contributed by atoms with Gasteiger partial charge < -0.3 is 0 Å². The molecule has 0 spiro atoms. The molecule has 0 amide bonds. The van der Waals surface area contributed by atoms with Crippen molar-refractivity contribution in [2.24, 2.45) is 0 Å². The molecule has 1 atom stereocenters. The molecular formula is C11H12N2. The predicted molar refractivity (Wildman–Crippen MR) is 53.1 cm³/mol. The minimum atomic E-state index is 0.523. The summed E-state index contributed by atoms with van der Waals surface area (Å²) in [5.74, 6) is 0. The number of nitrogens with one attached hydrogen (secondary N) is 2. The summed E-state index contributed by atoms with van der Waals surface area (Å²) < 4.78 is 0. The van der Waals surface area contributed by atoms with Gasteiger partial charge in [-0.2, -0.15) is 0 Å². The fourth-order valence-electron chi connectivity index (χ4n) is 2.18. The van der Waals surface area contributed by atoms with E-state index in [0.29, 0.717) is 6.04 Å². The summed E-state index contributed by atoms with van der Waals surface area (Å²) in [5.41, 5.74) is 7.99. The van der Waals surface area contributed by atoms with Crippen LogP contribution in [0, 0.1) is 0 Å². The van der Waals surface area contributed by atoms with Crippen LogP contribution in [-0.4, -0.2) is 12.6 Å². The van der Waals surface area contributed by atoms with Crippen LogP contribution in [0.1, 0.15) is 6.42 Å². The Hall–Kier alpha value is -1.12. The highest BCUT2D eigenvalue weighted by atomic mass is 15.4. The van der Waals surface area contributed by atoms with Gasteiger partial charge in [0.05, 0.1) is 0 Å². The maximum absolute atomic E-state index is 3.28. The fraction of sp³-hybridized carbons (Fsp3) is 0.273. The highest BCUT2D eigenvalue weighted by molar-refractivity contribution is 5.59. The smallest absolute Gasteiger partial charge is 0.0479 e. The monoisotopic (exact) mass is 172 g/mol. The van der Waals surface area contributed by atoms with Crippen LogP contribution in [-0.2, 0) is 0 Å². The van der Waals surface area contributed by atoms with Crippen molar-refractivity contribution in [2.45, 2.75) is 12.5 Å². The SMILES string of the molecule is C1=c2ccccc2=C2CNNC2C1. The van der Waals surface area contributed by atoms with E-state index >= 15 is 0 Å². The first-order valence-corrected chi connectivity index (χ1v) is 4.72. The van der Waals surface area contributed by atoms with Gasteiger partial charge in [-0.05, 0) is 22.4 Å². The van der Waals surface area contributed by atoms with Crippen molar-refractivity contribution in [3.05, 3.63) is 34.7 Å². The first kappa shape index (κ1) is 7.30. The molecule has 2 nitrogen and oxygen atoms in total. The van der Waals surface area contributed by atoms with Crippen molar-refractivity contribution >= 4 is 11.6 Å². The largest absolute Gasteiger partial charge is 0.253 e. The van der Waals surface area contributed by atoms with Crippen molar-refractivity contribution in [2.75, 3.05) is 6.54 Å². The van der Waals surface area contributed by atoms with Crippen LogP contribution < -0.4 is 21.3 Å². The van der Waals surface area contributed by atoms with E-state index in [2.05, 4.69) is 41.2 Å². The normalized spacial score (nSPS) is 24.9. The molecule has 13 heavy (non-hydrogen) atoms. The third kappa shape index (κ3) is 1.03. The molecule has 2 heteroatoms. The highest BCUT2D eigenvalue weighted by Gasteiger charge is 2.21. The summed E-state index contributed by atoms with van der Waals surface area (Å²) in [6.45, 7) is 0.982. The predicted octanol–water partition coefficient (Wildman–Crippen LogP) is -0.502. The summed E-state index contributed by atoms with van der Waals surface area (Å²) >= 11 is 0. The molecule has 2 aliphatic rings. The third-order valence-electron chi connectivity index (χ3n) is 2.86. The summed E-state index contributed by atoms with van der Waals surface area (Å²) in [6, 6.07) is 9.14. The molecule has 1 saturated heterocycles. The van der Waals surface area contributed by atoms with E-state index in [1.807, 2.05) is 0 Å². The van der Waals surface area contributed by atoms with E-state index in [4.69, 9.17) is 0 Å². The van der Waals surface area contributed by atoms with Crippen LogP contribution in [0.15, 0.2) is 24.3 Å². The molecule has 1 aliphatic heterocycles. The maximum Gasteiger partial charge on any atom is 0.0479 e. The summed E-state index contributed by atoms with van der Waals surface area (Å²) in [5, 5.41) is 2.80. The average Bonchev–Trinajstić information content (AvgIpc) is 2.65. The van der Waals surface area contributed by atoms with Gasteiger partial charge in [-0.15, -0.1) is 0 Å². The second-order valence-electron chi connectivity index (χ2n) is 3.60. The molecule has 0 saturated carbocycles. The zero-order valence-corrected chi connectivity index (χ0v) is 7.38. The Labute approximate surface area is 76.9 Å². The van der Waals surface area contributed by atoms with Gasteiger partial charge in [0.25, 0.3) is 0 Å². The molecule has 1 heterocycles. The lowest BCUT2D eigenvalue weighted by atomic mass is 9.96. The van der Waals surface area contributed by atoms with Crippen LogP contribution in [0.2, 0.25) is 0 Å². The van der Waals surface area contributed by atoms with Crippen LogP contribution in [0.3, 0.4) is 0 Å². The number of hydrazine groups is 1. The molecular weight excluding hydrogens is 160 g/mol. The minimum Gasteiger partial charge on any atom is -0.253 e. The molecule has 0 aromatic heterocycles. The lowest BCUT2D eigenvalue weighted by Crippen LogP contribution is -2.37. The lowest BCUT2D eigenvalue weighted by molar-refractivity contribution is 0.593. The fourth-order valence-corrected chi connectivity index (χ4v) is 2.18. The van der Waals surface area contributed by atoms with Crippen molar-refractivity contribution < 1.29 is 0 Å². The zero-order valence-electron chi connectivity index (χ0n) is 7.38. The summed E-state index contributed by atoms with van der Waals surface area (Å²) in [7, 11) is 0. The quantitative estimate of drug-likeness (QED) is 0.551. The van der Waals surface area contributed by atoms with Gasteiger partial charge in [0.15, 0.2) is 0 Å². The zero-order chi connectivity index (χ0) is 8.67. The van der Waals surface area contributed by atoms with Gasteiger partial charge in [0.1, 0.15) is 0 Å². The van der Waals surface area contributed by atoms with E-state index in [9.17, 15) is 0 Å². The molecule has 2 N–H and O–H groups in total. The molecule has 66 valence electrons. The Morgan fingerprint density at radius 3 is 3.15 bits per heavy atom. The Morgan fingerprint density at radius 2 is 2.15 bits per heavy atom. The number of fused-ring (bicyclic) bond motifs is 2. The van der Waals surface area contributed by atoms with Gasteiger partial charge in [0.2, 0.25) is 0 Å². The van der Waals surface area contributed by atoms with Crippen molar-refractivity contribution in [3.63, 3.8) is 0 Å². The molecule has 1 fully saturated rings. The molecule has 0 bridgehead atoms. The number of hydrogen-bond donors (Lipinski definition) is 2. The van der Waals surface area contributed by atoms with Crippen LogP contribution in [0.5, 0.6) is 0 Å². The Bertz CT molecular complexity index is 447. The first-order valence-electron chi connectivity index (χ1n) is 4.72. The van der Waals surface area contributed by atoms with E-state index in [1.54, 1.807) is 0 Å². The molecule has 1 unspecified atom stereocenters. The number of hydrogen-bond acceptors (Lipinski definition) is 2.